The van der Waals surface area contributed by atoms with Crippen molar-refractivity contribution in [3.05, 3.63) is 51.1 Å². The number of nitrogens with one attached hydrogen (secondary N) is 1. The molecule has 15 heavy (non-hydrogen) atoms. The number of hydrogen-bond acceptors (Lipinski definition) is 2. The summed E-state index contributed by atoms with van der Waals surface area (Å²) in [6.45, 7) is 2.17. The van der Waals surface area contributed by atoms with Gasteiger partial charge in [-0.15, -0.1) is 11.3 Å². The molecule has 1 heterocycles. The van der Waals surface area contributed by atoms with Crippen molar-refractivity contribution in [3.8, 4) is 0 Å². The maximum atomic E-state index is 3.47. The summed E-state index contributed by atoms with van der Waals surface area (Å²) in [5.74, 6) is 0. The van der Waals surface area contributed by atoms with E-state index in [2.05, 4.69) is 57.8 Å². The third-order valence-electron chi connectivity index (χ3n) is 2.18. The highest BCUT2D eigenvalue weighted by Crippen LogP contribution is 2.24. The quantitative estimate of drug-likeness (QED) is 0.861. The fourth-order valence-electron chi connectivity index (χ4n) is 1.44. The van der Waals surface area contributed by atoms with Gasteiger partial charge >= 0.3 is 0 Å². The molecule has 1 nitrogen and oxygen atoms in total. The van der Waals surface area contributed by atoms with Crippen molar-refractivity contribution in [1.29, 1.82) is 0 Å². The van der Waals surface area contributed by atoms with E-state index in [4.69, 9.17) is 0 Å². The molecule has 3 heteroatoms. The number of halogens is 1. The largest absolute Gasteiger partial charge is 0.378 e. The molecule has 0 fully saturated rings. The first-order valence-electron chi connectivity index (χ1n) is 4.81. The van der Waals surface area contributed by atoms with E-state index in [0.29, 0.717) is 6.04 Å². The molecule has 1 atom stereocenters. The standard InChI is InChI=1S/C12H12BrNS/c1-9(12-6-3-7-15-12)14-11-5-2-4-10(13)8-11/h2-9,14H,1H3/t9-/m1/s1. The van der Waals surface area contributed by atoms with Gasteiger partial charge in [0, 0.05) is 15.0 Å². The zero-order valence-electron chi connectivity index (χ0n) is 8.41. The molecule has 2 aromatic rings. The zero-order valence-corrected chi connectivity index (χ0v) is 10.8. The van der Waals surface area contributed by atoms with Crippen molar-refractivity contribution in [2.45, 2.75) is 13.0 Å². The van der Waals surface area contributed by atoms with Crippen LogP contribution in [-0.2, 0) is 0 Å². The molecule has 0 aliphatic carbocycles. The van der Waals surface area contributed by atoms with Gasteiger partial charge in [-0.1, -0.05) is 28.1 Å². The lowest BCUT2D eigenvalue weighted by Crippen LogP contribution is -2.04. The van der Waals surface area contributed by atoms with Gasteiger partial charge in [-0.25, -0.2) is 0 Å². The minimum absolute atomic E-state index is 0.360. The fourth-order valence-corrected chi connectivity index (χ4v) is 2.57. The molecule has 1 N–H and O–H groups in total. The van der Waals surface area contributed by atoms with Crippen LogP contribution in [0.1, 0.15) is 17.8 Å². The molecule has 0 radical (unpaired) electrons. The molecule has 0 saturated heterocycles. The lowest BCUT2D eigenvalue weighted by atomic mass is 10.2. The molecule has 1 aromatic heterocycles. The molecular formula is C12H12BrNS. The molecule has 78 valence electrons. The van der Waals surface area contributed by atoms with Crippen LogP contribution in [0, 0.1) is 0 Å². The van der Waals surface area contributed by atoms with Gasteiger partial charge in [0.25, 0.3) is 0 Å². The summed E-state index contributed by atoms with van der Waals surface area (Å²) in [5, 5.41) is 5.57. The average Bonchev–Trinajstić information content (AvgIpc) is 2.70. The second kappa shape index (κ2) is 4.81. The van der Waals surface area contributed by atoms with Crippen LogP contribution in [0.4, 0.5) is 5.69 Å². The van der Waals surface area contributed by atoms with Crippen LogP contribution in [0.5, 0.6) is 0 Å². The maximum absolute atomic E-state index is 3.47. The molecular weight excluding hydrogens is 270 g/mol. The van der Waals surface area contributed by atoms with Crippen molar-refractivity contribution in [2.75, 3.05) is 5.32 Å². The Kier molecular flexibility index (Phi) is 3.44. The van der Waals surface area contributed by atoms with Gasteiger partial charge in [-0.3, -0.25) is 0 Å². The SMILES string of the molecule is C[C@@H](Nc1cccc(Br)c1)c1cccs1. The van der Waals surface area contributed by atoms with Crippen molar-refractivity contribution < 1.29 is 0 Å². The van der Waals surface area contributed by atoms with Crippen molar-refractivity contribution in [2.24, 2.45) is 0 Å². The predicted molar refractivity (Wildman–Crippen MR) is 70.5 cm³/mol. The second-order valence-corrected chi connectivity index (χ2v) is 5.29. The highest BCUT2D eigenvalue weighted by Gasteiger charge is 2.05. The van der Waals surface area contributed by atoms with Gasteiger partial charge in [0.05, 0.1) is 6.04 Å². The Bertz CT molecular complexity index is 425. The highest BCUT2D eigenvalue weighted by molar-refractivity contribution is 9.10. The summed E-state index contributed by atoms with van der Waals surface area (Å²) in [7, 11) is 0. The fraction of sp³-hybridized carbons (Fsp3) is 0.167. The average molecular weight is 282 g/mol. The van der Waals surface area contributed by atoms with Crippen LogP contribution < -0.4 is 5.32 Å². The van der Waals surface area contributed by atoms with Crippen LogP contribution in [0.25, 0.3) is 0 Å². The third kappa shape index (κ3) is 2.83. The Balaban J connectivity index is 2.09. The van der Waals surface area contributed by atoms with E-state index in [9.17, 15) is 0 Å². The monoisotopic (exact) mass is 281 g/mol. The number of thiophene rings is 1. The number of hydrogen-bond donors (Lipinski definition) is 1. The van der Waals surface area contributed by atoms with Crippen molar-refractivity contribution in [1.82, 2.24) is 0 Å². The molecule has 0 unspecified atom stereocenters. The molecule has 0 spiro atoms. The van der Waals surface area contributed by atoms with Gasteiger partial charge in [0.15, 0.2) is 0 Å². The highest BCUT2D eigenvalue weighted by atomic mass is 79.9. The Morgan fingerprint density at radius 2 is 2.13 bits per heavy atom. The summed E-state index contributed by atoms with van der Waals surface area (Å²) >= 11 is 5.24. The number of anilines is 1. The van der Waals surface area contributed by atoms with Crippen LogP contribution in [-0.4, -0.2) is 0 Å². The first kappa shape index (κ1) is 10.7. The van der Waals surface area contributed by atoms with E-state index < -0.39 is 0 Å². The van der Waals surface area contributed by atoms with Gasteiger partial charge in [0.1, 0.15) is 0 Å². The maximum Gasteiger partial charge on any atom is 0.0578 e. The van der Waals surface area contributed by atoms with Gasteiger partial charge in [-0.05, 0) is 36.6 Å². The summed E-state index contributed by atoms with van der Waals surface area (Å²) in [5.41, 5.74) is 1.14. The molecule has 0 aliphatic rings. The van der Waals surface area contributed by atoms with Crippen molar-refractivity contribution >= 4 is 33.0 Å². The smallest absolute Gasteiger partial charge is 0.0578 e. The molecule has 0 saturated carbocycles. The van der Waals surface area contributed by atoms with E-state index in [-0.39, 0.29) is 0 Å². The van der Waals surface area contributed by atoms with Gasteiger partial charge in [-0.2, -0.15) is 0 Å². The molecule has 0 amide bonds. The van der Waals surface area contributed by atoms with Crippen molar-refractivity contribution in [3.63, 3.8) is 0 Å². The Morgan fingerprint density at radius 1 is 1.27 bits per heavy atom. The van der Waals surface area contributed by atoms with E-state index >= 15 is 0 Å². The zero-order chi connectivity index (χ0) is 10.7. The molecule has 2 rings (SSSR count). The van der Waals surface area contributed by atoms with Crippen LogP contribution in [0.2, 0.25) is 0 Å². The summed E-state index contributed by atoms with van der Waals surface area (Å²) < 4.78 is 1.10. The normalized spacial score (nSPS) is 12.4. The van der Waals surface area contributed by atoms with E-state index in [1.54, 1.807) is 11.3 Å². The first-order valence-corrected chi connectivity index (χ1v) is 6.48. The number of rotatable bonds is 3. The van der Waals surface area contributed by atoms with E-state index in [1.807, 2.05) is 12.1 Å². The van der Waals surface area contributed by atoms with Crippen LogP contribution in [0.3, 0.4) is 0 Å². The lowest BCUT2D eigenvalue weighted by molar-refractivity contribution is 0.908. The topological polar surface area (TPSA) is 12.0 Å². The number of benzene rings is 1. The molecule has 0 bridgehead atoms. The van der Waals surface area contributed by atoms with Gasteiger partial charge < -0.3 is 5.32 Å². The third-order valence-corrected chi connectivity index (χ3v) is 3.73. The summed E-state index contributed by atoms with van der Waals surface area (Å²) in [4.78, 5) is 1.36. The first-order chi connectivity index (χ1) is 7.25. The summed E-state index contributed by atoms with van der Waals surface area (Å²) in [6.07, 6.45) is 0. The minimum Gasteiger partial charge on any atom is -0.378 e. The summed E-state index contributed by atoms with van der Waals surface area (Å²) in [6, 6.07) is 12.8. The van der Waals surface area contributed by atoms with E-state index in [1.165, 1.54) is 4.88 Å². The Hall–Kier alpha value is -0.800. The van der Waals surface area contributed by atoms with Crippen LogP contribution in [0.15, 0.2) is 46.3 Å². The second-order valence-electron chi connectivity index (χ2n) is 3.39. The van der Waals surface area contributed by atoms with Gasteiger partial charge in [0.2, 0.25) is 0 Å². The molecule has 1 aromatic carbocycles. The van der Waals surface area contributed by atoms with E-state index in [0.717, 1.165) is 10.2 Å². The Labute approximate surface area is 102 Å². The Morgan fingerprint density at radius 3 is 2.80 bits per heavy atom. The lowest BCUT2D eigenvalue weighted by Gasteiger charge is -2.13. The molecule has 0 aliphatic heterocycles. The predicted octanol–water partition coefficient (Wildman–Crippen LogP) is 4.68. The van der Waals surface area contributed by atoms with Crippen LogP contribution >= 0.6 is 27.3 Å². The minimum atomic E-state index is 0.360.